The minimum atomic E-state index is 0.0829. The number of halogens is 1. The molecule has 0 aromatic heterocycles. The predicted molar refractivity (Wildman–Crippen MR) is 74.9 cm³/mol. The molecule has 1 saturated heterocycles. The van der Waals surface area contributed by atoms with E-state index in [9.17, 15) is 4.79 Å². The van der Waals surface area contributed by atoms with E-state index in [1.807, 2.05) is 29.2 Å². The summed E-state index contributed by atoms with van der Waals surface area (Å²) in [6, 6.07) is 7.63. The highest BCUT2D eigenvalue weighted by atomic mass is 127. The third-order valence-electron chi connectivity index (χ3n) is 3.16. The van der Waals surface area contributed by atoms with Crippen molar-refractivity contribution in [3.8, 4) is 0 Å². The molecule has 1 amide bonds. The van der Waals surface area contributed by atoms with Gasteiger partial charge >= 0.3 is 0 Å². The number of benzene rings is 1. The lowest BCUT2D eigenvalue weighted by molar-refractivity contribution is 0.0620. The van der Waals surface area contributed by atoms with E-state index in [2.05, 4.69) is 22.6 Å². The Morgan fingerprint density at radius 2 is 2.12 bits per heavy atom. The van der Waals surface area contributed by atoms with Crippen LogP contribution in [-0.4, -0.2) is 35.6 Å². The monoisotopic (exact) mass is 345 g/mol. The van der Waals surface area contributed by atoms with Crippen molar-refractivity contribution in [2.24, 2.45) is 5.92 Å². The Balaban J connectivity index is 2.06. The largest absolute Gasteiger partial charge is 0.396 e. The lowest BCUT2D eigenvalue weighted by Gasteiger charge is -2.31. The van der Waals surface area contributed by atoms with E-state index < -0.39 is 0 Å². The highest BCUT2D eigenvalue weighted by Crippen LogP contribution is 2.18. The maximum Gasteiger partial charge on any atom is 0.253 e. The van der Waals surface area contributed by atoms with Crippen LogP contribution < -0.4 is 0 Å². The average Bonchev–Trinajstić information content (AvgIpc) is 2.39. The molecule has 1 aromatic rings. The molecule has 0 bridgehead atoms. The summed E-state index contributed by atoms with van der Waals surface area (Å²) < 4.78 is 1.13. The van der Waals surface area contributed by atoms with Gasteiger partial charge in [-0.05, 0) is 65.6 Å². The molecular formula is C13H16INO2. The van der Waals surface area contributed by atoms with Crippen molar-refractivity contribution in [1.82, 2.24) is 4.90 Å². The van der Waals surface area contributed by atoms with Crippen LogP contribution in [0.25, 0.3) is 0 Å². The Labute approximate surface area is 115 Å². The SMILES string of the molecule is O=C(c1ccc(I)cc1)N1CCCC(CO)C1. The van der Waals surface area contributed by atoms with Crippen LogP contribution in [0.1, 0.15) is 23.2 Å². The zero-order valence-corrected chi connectivity index (χ0v) is 11.8. The summed E-state index contributed by atoms with van der Waals surface area (Å²) >= 11 is 2.23. The van der Waals surface area contributed by atoms with Gasteiger partial charge in [0.25, 0.3) is 5.91 Å². The van der Waals surface area contributed by atoms with Gasteiger partial charge in [-0.2, -0.15) is 0 Å². The molecule has 3 nitrogen and oxygen atoms in total. The molecule has 1 aromatic carbocycles. The fraction of sp³-hybridized carbons (Fsp3) is 0.462. The third-order valence-corrected chi connectivity index (χ3v) is 3.87. The molecule has 92 valence electrons. The molecule has 0 radical (unpaired) electrons. The number of rotatable bonds is 2. The number of carbonyl (C=O) groups excluding carboxylic acids is 1. The molecule has 4 heteroatoms. The number of amides is 1. The normalized spacial score (nSPS) is 20.4. The number of hydrogen-bond acceptors (Lipinski definition) is 2. The number of aliphatic hydroxyl groups is 1. The topological polar surface area (TPSA) is 40.5 Å². The van der Waals surface area contributed by atoms with Gasteiger partial charge in [0.05, 0.1) is 0 Å². The molecule has 1 heterocycles. The average molecular weight is 345 g/mol. The highest BCUT2D eigenvalue weighted by molar-refractivity contribution is 14.1. The maximum atomic E-state index is 12.2. The van der Waals surface area contributed by atoms with Gasteiger partial charge in [-0.25, -0.2) is 0 Å². The van der Waals surface area contributed by atoms with Crippen LogP contribution in [0, 0.1) is 9.49 Å². The fourth-order valence-electron chi connectivity index (χ4n) is 2.17. The number of nitrogens with zero attached hydrogens (tertiary/aromatic N) is 1. The van der Waals surface area contributed by atoms with Gasteiger partial charge < -0.3 is 10.0 Å². The van der Waals surface area contributed by atoms with E-state index in [1.54, 1.807) is 0 Å². The van der Waals surface area contributed by atoms with Crippen molar-refractivity contribution in [3.05, 3.63) is 33.4 Å². The number of hydrogen-bond donors (Lipinski definition) is 1. The molecule has 0 aliphatic carbocycles. The quantitative estimate of drug-likeness (QED) is 0.835. The maximum absolute atomic E-state index is 12.2. The molecule has 17 heavy (non-hydrogen) atoms. The van der Waals surface area contributed by atoms with Crippen molar-refractivity contribution in [2.45, 2.75) is 12.8 Å². The summed E-state index contributed by atoms with van der Waals surface area (Å²) in [5, 5.41) is 9.16. The number of piperidine rings is 1. The number of likely N-dealkylation sites (tertiary alicyclic amines) is 1. The first-order valence-electron chi connectivity index (χ1n) is 5.86. The first kappa shape index (κ1) is 12.8. The minimum Gasteiger partial charge on any atom is -0.396 e. The molecule has 1 fully saturated rings. The van der Waals surface area contributed by atoms with E-state index in [4.69, 9.17) is 5.11 Å². The summed E-state index contributed by atoms with van der Waals surface area (Å²) in [7, 11) is 0. The summed E-state index contributed by atoms with van der Waals surface area (Å²) in [6.07, 6.45) is 2.01. The number of carbonyl (C=O) groups is 1. The van der Waals surface area contributed by atoms with Crippen molar-refractivity contribution in [2.75, 3.05) is 19.7 Å². The minimum absolute atomic E-state index is 0.0829. The van der Waals surface area contributed by atoms with Gasteiger partial charge in [0.1, 0.15) is 0 Å². The van der Waals surface area contributed by atoms with Gasteiger partial charge in [0.2, 0.25) is 0 Å². The second-order valence-corrected chi connectivity index (χ2v) is 5.69. The second kappa shape index (κ2) is 5.82. The summed E-state index contributed by atoms with van der Waals surface area (Å²) in [5.41, 5.74) is 0.740. The molecular weight excluding hydrogens is 329 g/mol. The molecule has 1 N–H and O–H groups in total. The summed E-state index contributed by atoms with van der Waals surface area (Å²) in [4.78, 5) is 14.1. The Hall–Kier alpha value is -0.620. The molecule has 1 atom stereocenters. The molecule has 1 aliphatic rings. The smallest absolute Gasteiger partial charge is 0.253 e. The lowest BCUT2D eigenvalue weighted by atomic mass is 9.98. The van der Waals surface area contributed by atoms with Crippen LogP contribution >= 0.6 is 22.6 Å². The lowest BCUT2D eigenvalue weighted by Crippen LogP contribution is -2.40. The van der Waals surface area contributed by atoms with E-state index in [1.165, 1.54) is 0 Å². The van der Waals surface area contributed by atoms with Gasteiger partial charge in [-0.3, -0.25) is 4.79 Å². The van der Waals surface area contributed by atoms with Crippen molar-refractivity contribution < 1.29 is 9.90 Å². The Morgan fingerprint density at radius 3 is 2.76 bits per heavy atom. The summed E-state index contributed by atoms with van der Waals surface area (Å²) in [5.74, 6) is 0.330. The first-order valence-corrected chi connectivity index (χ1v) is 6.94. The van der Waals surface area contributed by atoms with Crippen molar-refractivity contribution in [1.29, 1.82) is 0 Å². The standard InChI is InChI=1S/C13H16INO2/c14-12-5-3-11(4-6-12)13(17)15-7-1-2-10(8-15)9-16/h3-6,10,16H,1-2,7-9H2. The molecule has 2 rings (SSSR count). The van der Waals surface area contributed by atoms with Gasteiger partial charge in [0.15, 0.2) is 0 Å². The molecule has 1 aliphatic heterocycles. The van der Waals surface area contributed by atoms with Crippen molar-refractivity contribution in [3.63, 3.8) is 0 Å². The van der Waals surface area contributed by atoms with E-state index in [0.29, 0.717) is 6.54 Å². The van der Waals surface area contributed by atoms with E-state index in [0.717, 1.165) is 28.5 Å². The summed E-state index contributed by atoms with van der Waals surface area (Å²) in [6.45, 7) is 1.67. The van der Waals surface area contributed by atoms with Crippen molar-refractivity contribution >= 4 is 28.5 Å². The third kappa shape index (κ3) is 3.19. The van der Waals surface area contributed by atoms with Crippen LogP contribution in [0.2, 0.25) is 0 Å². The zero-order chi connectivity index (χ0) is 12.3. The Morgan fingerprint density at radius 1 is 1.41 bits per heavy atom. The first-order chi connectivity index (χ1) is 8.20. The van der Waals surface area contributed by atoms with Crippen LogP contribution in [0.5, 0.6) is 0 Å². The van der Waals surface area contributed by atoms with Crippen LogP contribution in [0.4, 0.5) is 0 Å². The van der Waals surface area contributed by atoms with Crippen LogP contribution in [0.15, 0.2) is 24.3 Å². The molecule has 0 spiro atoms. The second-order valence-electron chi connectivity index (χ2n) is 4.45. The van der Waals surface area contributed by atoms with Crippen LogP contribution in [-0.2, 0) is 0 Å². The highest BCUT2D eigenvalue weighted by Gasteiger charge is 2.23. The Bertz CT molecular complexity index is 391. The van der Waals surface area contributed by atoms with Gasteiger partial charge in [-0.15, -0.1) is 0 Å². The fourth-order valence-corrected chi connectivity index (χ4v) is 2.53. The van der Waals surface area contributed by atoms with E-state index >= 15 is 0 Å². The molecule has 1 unspecified atom stereocenters. The Kier molecular flexibility index (Phi) is 4.39. The van der Waals surface area contributed by atoms with Gasteiger partial charge in [0, 0.05) is 28.8 Å². The predicted octanol–water partition coefficient (Wildman–Crippen LogP) is 2.14. The molecule has 0 saturated carbocycles. The van der Waals surface area contributed by atoms with Gasteiger partial charge in [-0.1, -0.05) is 0 Å². The zero-order valence-electron chi connectivity index (χ0n) is 9.60. The number of aliphatic hydroxyl groups excluding tert-OH is 1. The van der Waals surface area contributed by atoms with E-state index in [-0.39, 0.29) is 18.4 Å². The van der Waals surface area contributed by atoms with Crippen LogP contribution in [0.3, 0.4) is 0 Å².